The molecule has 0 unspecified atom stereocenters. The van der Waals surface area contributed by atoms with Gasteiger partial charge < -0.3 is 40.7 Å². The summed E-state index contributed by atoms with van der Waals surface area (Å²) in [6, 6.07) is 15.4. The van der Waals surface area contributed by atoms with Crippen molar-refractivity contribution in [2.45, 2.75) is 13.5 Å². The molecule has 0 radical (unpaired) electrons. The van der Waals surface area contributed by atoms with Crippen LogP contribution >= 0.6 is 23.2 Å². The van der Waals surface area contributed by atoms with Gasteiger partial charge in [0.2, 0.25) is 0 Å². The van der Waals surface area contributed by atoms with Gasteiger partial charge in [0.05, 0.1) is 49.2 Å². The van der Waals surface area contributed by atoms with Crippen molar-refractivity contribution in [1.29, 1.82) is 0 Å². The fourth-order valence-electron chi connectivity index (χ4n) is 3.99. The first-order chi connectivity index (χ1) is 20.4. The molecule has 0 aliphatic rings. The number of para-hydroxylation sites is 1. The van der Waals surface area contributed by atoms with Gasteiger partial charge in [-0.15, -0.1) is 0 Å². The minimum absolute atomic E-state index is 0.105. The van der Waals surface area contributed by atoms with E-state index in [0.717, 1.165) is 0 Å². The Kier molecular flexibility index (Phi) is 11.4. The molecular weight excluding hydrogens is 583 g/mol. The number of anilines is 4. The number of hydrogen-bond donors (Lipinski definition) is 5. The summed E-state index contributed by atoms with van der Waals surface area (Å²) in [7, 11) is 0. The Balaban J connectivity index is 1.55. The summed E-state index contributed by atoms with van der Waals surface area (Å²) in [6.45, 7) is 4.72. The molecule has 4 aromatic rings. The first-order valence-corrected chi connectivity index (χ1v) is 14.0. The number of rotatable bonds is 16. The normalized spacial score (nSPS) is 11.0. The number of carbonyl (C=O) groups is 1. The van der Waals surface area contributed by atoms with Crippen LogP contribution in [0.3, 0.4) is 0 Å². The summed E-state index contributed by atoms with van der Waals surface area (Å²) in [5.41, 5.74) is 7.11. The number of furan rings is 1. The van der Waals surface area contributed by atoms with Crippen LogP contribution in [-0.4, -0.2) is 60.6 Å². The molecule has 13 heteroatoms. The molecule has 0 atom stereocenters. The van der Waals surface area contributed by atoms with Crippen molar-refractivity contribution >= 4 is 52.2 Å². The van der Waals surface area contributed by atoms with Gasteiger partial charge in [-0.1, -0.05) is 35.3 Å². The van der Waals surface area contributed by atoms with E-state index < -0.39 is 5.97 Å². The maximum atomic E-state index is 11.8. The van der Waals surface area contributed by atoms with Gasteiger partial charge in [0.25, 0.3) is 0 Å². The third-order valence-corrected chi connectivity index (χ3v) is 6.46. The van der Waals surface area contributed by atoms with Gasteiger partial charge in [-0.25, -0.2) is 14.8 Å². The Hall–Kier alpha value is -3.87. The highest BCUT2D eigenvalue weighted by molar-refractivity contribution is 6.35. The first kappa shape index (κ1) is 31.1. The number of aryl methyl sites for hydroxylation is 1. The minimum Gasteiger partial charge on any atom is -0.478 e. The predicted octanol–water partition coefficient (Wildman–Crippen LogP) is 5.81. The fourth-order valence-corrected chi connectivity index (χ4v) is 4.37. The van der Waals surface area contributed by atoms with Crippen LogP contribution in [0.25, 0.3) is 11.3 Å². The van der Waals surface area contributed by atoms with Crippen molar-refractivity contribution < 1.29 is 23.8 Å². The Morgan fingerprint density at radius 3 is 2.52 bits per heavy atom. The molecule has 0 fully saturated rings. The number of carboxylic acids is 1. The molecule has 0 saturated carbocycles. The standard InChI is InChI=1S/C29H32Cl2N6O5/c1-18-35-27(33-11-13-41-15-14-40-12-10-32)26(28(36-18)37-24-5-3-2-4-21(24)29(38)39)34-17-20-7-9-25(42-20)22-16-19(30)6-8-23(22)31/h2-9,16,34H,10-15,17,32H2,1H3,(H,38,39)(H2,33,35,36,37). The van der Waals surface area contributed by atoms with Crippen molar-refractivity contribution in [3.63, 3.8) is 0 Å². The molecule has 0 aliphatic carbocycles. The Bertz CT molecular complexity index is 1500. The number of ether oxygens (including phenoxy) is 2. The van der Waals surface area contributed by atoms with Crippen LogP contribution in [0.4, 0.5) is 23.0 Å². The van der Waals surface area contributed by atoms with Gasteiger partial charge in [-0.05, 0) is 49.4 Å². The molecule has 0 amide bonds. The van der Waals surface area contributed by atoms with E-state index in [2.05, 4.69) is 25.9 Å². The Morgan fingerprint density at radius 2 is 1.74 bits per heavy atom. The average Bonchev–Trinajstić information content (AvgIpc) is 3.44. The maximum absolute atomic E-state index is 11.8. The number of nitrogens with one attached hydrogen (secondary N) is 3. The van der Waals surface area contributed by atoms with E-state index in [0.29, 0.717) is 95.5 Å². The molecule has 2 aromatic heterocycles. The summed E-state index contributed by atoms with van der Waals surface area (Å²) < 4.78 is 17.0. The molecule has 2 aromatic carbocycles. The van der Waals surface area contributed by atoms with E-state index in [1.807, 2.05) is 12.1 Å². The molecular formula is C29H32Cl2N6O5. The largest absolute Gasteiger partial charge is 0.478 e. The highest BCUT2D eigenvalue weighted by atomic mass is 35.5. The zero-order valence-corrected chi connectivity index (χ0v) is 24.5. The summed E-state index contributed by atoms with van der Waals surface area (Å²) in [5, 5.41) is 20.5. The highest BCUT2D eigenvalue weighted by Crippen LogP contribution is 2.34. The van der Waals surface area contributed by atoms with Crippen LogP contribution < -0.4 is 21.7 Å². The van der Waals surface area contributed by atoms with Crippen LogP contribution in [0.15, 0.2) is 59.0 Å². The molecule has 11 nitrogen and oxygen atoms in total. The fraction of sp³-hybridized carbons (Fsp3) is 0.276. The second kappa shape index (κ2) is 15.4. The zero-order valence-electron chi connectivity index (χ0n) is 23.0. The third kappa shape index (κ3) is 8.57. The predicted molar refractivity (Wildman–Crippen MR) is 164 cm³/mol. The average molecular weight is 616 g/mol. The van der Waals surface area contributed by atoms with Gasteiger partial charge in [-0.2, -0.15) is 0 Å². The number of nitrogens with zero attached hydrogens (tertiary/aromatic N) is 2. The molecule has 0 spiro atoms. The topological polar surface area (TPSA) is 157 Å². The van der Waals surface area contributed by atoms with Gasteiger partial charge in [0.1, 0.15) is 23.0 Å². The monoisotopic (exact) mass is 614 g/mol. The van der Waals surface area contributed by atoms with Crippen molar-refractivity contribution in [1.82, 2.24) is 9.97 Å². The number of aromatic carboxylic acids is 1. The van der Waals surface area contributed by atoms with Crippen molar-refractivity contribution in [2.24, 2.45) is 5.73 Å². The van der Waals surface area contributed by atoms with E-state index in [9.17, 15) is 9.90 Å². The molecule has 0 bridgehead atoms. The number of halogens is 2. The van der Waals surface area contributed by atoms with Crippen LogP contribution in [0, 0.1) is 6.92 Å². The Morgan fingerprint density at radius 1 is 0.976 bits per heavy atom. The summed E-state index contributed by atoms with van der Waals surface area (Å²) >= 11 is 12.5. The number of benzene rings is 2. The SMILES string of the molecule is Cc1nc(NCCOCCOCCN)c(NCc2ccc(-c3cc(Cl)ccc3Cl)o2)c(Nc2ccccc2C(=O)O)n1. The summed E-state index contributed by atoms with van der Waals surface area (Å²) in [5.74, 6) is 1.49. The van der Waals surface area contributed by atoms with Crippen LogP contribution in [0.2, 0.25) is 10.0 Å². The molecule has 222 valence electrons. The lowest BCUT2D eigenvalue weighted by Crippen LogP contribution is -2.17. The minimum atomic E-state index is -1.06. The lowest BCUT2D eigenvalue weighted by atomic mass is 10.2. The first-order valence-electron chi connectivity index (χ1n) is 13.2. The maximum Gasteiger partial charge on any atom is 0.337 e. The third-order valence-electron chi connectivity index (χ3n) is 5.90. The second-order valence-corrected chi connectivity index (χ2v) is 9.85. The van der Waals surface area contributed by atoms with Crippen LogP contribution in [0.1, 0.15) is 21.9 Å². The van der Waals surface area contributed by atoms with Crippen LogP contribution in [-0.2, 0) is 16.0 Å². The number of carboxylic acid groups (broad SMARTS) is 1. The number of nitrogens with two attached hydrogens (primary N) is 1. The van der Waals surface area contributed by atoms with E-state index in [-0.39, 0.29) is 12.1 Å². The lowest BCUT2D eigenvalue weighted by Gasteiger charge is -2.18. The van der Waals surface area contributed by atoms with Crippen molar-refractivity contribution in [2.75, 3.05) is 55.5 Å². The van der Waals surface area contributed by atoms with Gasteiger partial charge in [0, 0.05) is 23.7 Å². The van der Waals surface area contributed by atoms with Gasteiger partial charge >= 0.3 is 5.97 Å². The van der Waals surface area contributed by atoms with E-state index >= 15 is 0 Å². The van der Waals surface area contributed by atoms with Crippen molar-refractivity contribution in [3.05, 3.63) is 81.8 Å². The van der Waals surface area contributed by atoms with E-state index in [1.165, 1.54) is 6.07 Å². The number of hydrogen-bond acceptors (Lipinski definition) is 10. The molecule has 6 N–H and O–H groups in total. The number of aromatic nitrogens is 2. The summed E-state index contributed by atoms with van der Waals surface area (Å²) in [6.07, 6.45) is 0. The molecule has 42 heavy (non-hydrogen) atoms. The van der Waals surface area contributed by atoms with E-state index in [4.69, 9.17) is 42.8 Å². The second-order valence-electron chi connectivity index (χ2n) is 9.00. The van der Waals surface area contributed by atoms with Crippen LogP contribution in [0.5, 0.6) is 0 Å². The van der Waals surface area contributed by atoms with E-state index in [1.54, 1.807) is 43.3 Å². The lowest BCUT2D eigenvalue weighted by molar-refractivity contribution is 0.0547. The quantitative estimate of drug-likeness (QED) is 0.0970. The summed E-state index contributed by atoms with van der Waals surface area (Å²) in [4.78, 5) is 21.0. The Labute approximate surface area is 253 Å². The molecule has 4 rings (SSSR count). The van der Waals surface area contributed by atoms with Crippen molar-refractivity contribution in [3.8, 4) is 11.3 Å². The van der Waals surface area contributed by atoms with Gasteiger partial charge in [0.15, 0.2) is 11.6 Å². The molecule has 0 saturated heterocycles. The zero-order chi connectivity index (χ0) is 29.9. The molecule has 0 aliphatic heterocycles. The highest BCUT2D eigenvalue weighted by Gasteiger charge is 2.18. The van der Waals surface area contributed by atoms with Gasteiger partial charge in [-0.3, -0.25) is 0 Å². The molecule has 2 heterocycles. The smallest absolute Gasteiger partial charge is 0.337 e.